The van der Waals surface area contributed by atoms with Gasteiger partial charge < -0.3 is 15.2 Å². The molecule has 0 spiro atoms. The van der Waals surface area contributed by atoms with Crippen molar-refractivity contribution in [1.29, 1.82) is 0 Å². The molecule has 0 radical (unpaired) electrons. The van der Waals surface area contributed by atoms with Crippen LogP contribution in [0, 0.1) is 12.7 Å². The second-order valence-corrected chi connectivity index (χ2v) is 5.01. The lowest BCUT2D eigenvalue weighted by molar-refractivity contribution is 0.0324. The highest BCUT2D eigenvalue weighted by molar-refractivity contribution is 5.47. The van der Waals surface area contributed by atoms with Gasteiger partial charge in [0.05, 0.1) is 24.9 Å². The van der Waals surface area contributed by atoms with Crippen molar-refractivity contribution in [2.24, 2.45) is 0 Å². The maximum Gasteiger partial charge on any atom is 0.125 e. The summed E-state index contributed by atoms with van der Waals surface area (Å²) in [6, 6.07) is 4.60. The summed E-state index contributed by atoms with van der Waals surface area (Å²) in [5.41, 5.74) is 1.55. The first-order chi connectivity index (χ1) is 8.58. The van der Waals surface area contributed by atoms with Gasteiger partial charge in [-0.15, -0.1) is 0 Å². The zero-order valence-corrected chi connectivity index (χ0v) is 10.8. The molecule has 3 atom stereocenters. The van der Waals surface area contributed by atoms with E-state index >= 15 is 0 Å². The molecule has 3 nitrogen and oxygen atoms in total. The van der Waals surface area contributed by atoms with Crippen molar-refractivity contribution in [1.82, 2.24) is 0 Å². The first-order valence-electron chi connectivity index (χ1n) is 6.38. The fraction of sp³-hybridized carbons (Fsp3) is 0.571. The van der Waals surface area contributed by atoms with E-state index in [9.17, 15) is 9.50 Å². The summed E-state index contributed by atoms with van der Waals surface area (Å²) in [6.45, 7) is 3.85. The molecule has 0 saturated carbocycles. The minimum absolute atomic E-state index is 0.00595. The van der Waals surface area contributed by atoms with Gasteiger partial charge in [-0.05, 0) is 50.5 Å². The van der Waals surface area contributed by atoms with E-state index in [-0.39, 0.29) is 30.7 Å². The van der Waals surface area contributed by atoms with Crippen LogP contribution in [0.5, 0.6) is 0 Å². The number of anilines is 1. The van der Waals surface area contributed by atoms with Crippen LogP contribution in [0.15, 0.2) is 18.2 Å². The van der Waals surface area contributed by atoms with E-state index in [1.54, 1.807) is 0 Å². The van der Waals surface area contributed by atoms with E-state index in [0.29, 0.717) is 5.69 Å². The summed E-state index contributed by atoms with van der Waals surface area (Å²) in [5, 5.41) is 12.6. The molecule has 0 bridgehead atoms. The molecule has 0 aromatic heterocycles. The van der Waals surface area contributed by atoms with Crippen molar-refractivity contribution >= 4 is 5.69 Å². The Kier molecular flexibility index (Phi) is 4.19. The highest BCUT2D eigenvalue weighted by atomic mass is 19.1. The van der Waals surface area contributed by atoms with Crippen LogP contribution in [-0.2, 0) is 4.74 Å². The van der Waals surface area contributed by atoms with Crippen molar-refractivity contribution in [3.05, 3.63) is 29.6 Å². The Morgan fingerprint density at radius 1 is 1.44 bits per heavy atom. The number of nitrogens with one attached hydrogen (secondary N) is 1. The van der Waals surface area contributed by atoms with Crippen LogP contribution in [0.25, 0.3) is 0 Å². The normalized spacial score (nSPS) is 25.1. The van der Waals surface area contributed by atoms with E-state index in [1.807, 2.05) is 19.9 Å². The van der Waals surface area contributed by atoms with Crippen LogP contribution in [0.1, 0.15) is 25.3 Å². The summed E-state index contributed by atoms with van der Waals surface area (Å²) in [6.07, 6.45) is 2.16. The smallest absolute Gasteiger partial charge is 0.125 e. The first-order valence-corrected chi connectivity index (χ1v) is 6.38. The molecule has 1 heterocycles. The molecular weight excluding hydrogens is 233 g/mol. The van der Waals surface area contributed by atoms with Gasteiger partial charge in [-0.3, -0.25) is 0 Å². The minimum atomic E-state index is -0.269. The number of aliphatic hydroxyl groups is 1. The van der Waals surface area contributed by atoms with Crippen LogP contribution in [0.3, 0.4) is 0 Å². The number of hydrogen-bond donors (Lipinski definition) is 2. The van der Waals surface area contributed by atoms with E-state index in [4.69, 9.17) is 4.74 Å². The zero-order chi connectivity index (χ0) is 13.1. The van der Waals surface area contributed by atoms with E-state index in [0.717, 1.165) is 18.4 Å². The Labute approximate surface area is 107 Å². The number of halogens is 1. The van der Waals surface area contributed by atoms with E-state index < -0.39 is 0 Å². The van der Waals surface area contributed by atoms with Gasteiger partial charge in [-0.2, -0.15) is 0 Å². The van der Waals surface area contributed by atoms with Gasteiger partial charge >= 0.3 is 0 Å². The third kappa shape index (κ3) is 3.21. The van der Waals surface area contributed by atoms with Crippen LogP contribution < -0.4 is 5.32 Å². The van der Waals surface area contributed by atoms with Gasteiger partial charge in [0, 0.05) is 5.69 Å². The Bertz CT molecular complexity index is 391. The topological polar surface area (TPSA) is 41.5 Å². The molecule has 0 amide bonds. The van der Waals surface area contributed by atoms with E-state index in [2.05, 4.69) is 5.32 Å². The summed E-state index contributed by atoms with van der Waals surface area (Å²) in [5.74, 6) is -0.269. The minimum Gasteiger partial charge on any atom is -0.394 e. The molecule has 2 N–H and O–H groups in total. The maximum absolute atomic E-state index is 13.3. The van der Waals surface area contributed by atoms with Crippen molar-refractivity contribution in [3.8, 4) is 0 Å². The number of hydrogen-bond acceptors (Lipinski definition) is 3. The fourth-order valence-corrected chi connectivity index (χ4v) is 2.42. The number of ether oxygens (including phenoxy) is 1. The second kappa shape index (κ2) is 5.67. The molecular formula is C14H20FNO2. The SMILES string of the molecule is Cc1cc(F)cc(NC(CO)C2CCC(C)O2)c1. The average Bonchev–Trinajstić information content (AvgIpc) is 2.71. The largest absolute Gasteiger partial charge is 0.394 e. The van der Waals surface area contributed by atoms with Gasteiger partial charge in [-0.1, -0.05) is 0 Å². The van der Waals surface area contributed by atoms with Crippen LogP contribution in [0.4, 0.5) is 10.1 Å². The van der Waals surface area contributed by atoms with Crippen molar-refractivity contribution in [2.45, 2.75) is 44.9 Å². The lowest BCUT2D eigenvalue weighted by atomic mass is 10.1. The molecule has 1 aliphatic rings. The molecule has 1 aromatic rings. The molecule has 1 saturated heterocycles. The molecule has 4 heteroatoms. The third-order valence-corrected chi connectivity index (χ3v) is 3.30. The Morgan fingerprint density at radius 2 is 2.22 bits per heavy atom. The summed E-state index contributed by atoms with van der Waals surface area (Å²) < 4.78 is 19.0. The molecule has 3 unspecified atom stereocenters. The monoisotopic (exact) mass is 253 g/mol. The predicted molar refractivity (Wildman–Crippen MR) is 69.2 cm³/mol. The Hall–Kier alpha value is -1.13. The van der Waals surface area contributed by atoms with Crippen molar-refractivity contribution < 1.29 is 14.2 Å². The van der Waals surface area contributed by atoms with Crippen LogP contribution >= 0.6 is 0 Å². The third-order valence-electron chi connectivity index (χ3n) is 3.30. The molecule has 1 fully saturated rings. The summed E-state index contributed by atoms with van der Waals surface area (Å²) in [4.78, 5) is 0. The van der Waals surface area contributed by atoms with Crippen molar-refractivity contribution in [3.63, 3.8) is 0 Å². The highest BCUT2D eigenvalue weighted by Gasteiger charge is 2.29. The highest BCUT2D eigenvalue weighted by Crippen LogP contribution is 2.24. The first kappa shape index (κ1) is 13.3. The lowest BCUT2D eigenvalue weighted by Crippen LogP contribution is -2.36. The van der Waals surface area contributed by atoms with Gasteiger partial charge in [-0.25, -0.2) is 4.39 Å². The number of aliphatic hydroxyl groups excluding tert-OH is 1. The van der Waals surface area contributed by atoms with Crippen molar-refractivity contribution in [2.75, 3.05) is 11.9 Å². The Balaban J connectivity index is 2.05. The average molecular weight is 253 g/mol. The quantitative estimate of drug-likeness (QED) is 0.866. The summed E-state index contributed by atoms with van der Waals surface area (Å²) >= 11 is 0. The zero-order valence-electron chi connectivity index (χ0n) is 10.8. The fourth-order valence-electron chi connectivity index (χ4n) is 2.42. The standard InChI is InChI=1S/C14H20FNO2/c1-9-5-11(15)7-12(6-9)16-13(8-17)14-4-3-10(2)18-14/h5-7,10,13-14,16-17H,3-4,8H2,1-2H3. The van der Waals surface area contributed by atoms with Crippen LogP contribution in [0.2, 0.25) is 0 Å². The molecule has 1 aliphatic heterocycles. The van der Waals surface area contributed by atoms with Crippen LogP contribution in [-0.4, -0.2) is 30.0 Å². The molecule has 2 rings (SSSR count). The lowest BCUT2D eigenvalue weighted by Gasteiger charge is -2.24. The molecule has 0 aliphatic carbocycles. The van der Waals surface area contributed by atoms with Gasteiger partial charge in [0.15, 0.2) is 0 Å². The molecule has 100 valence electrons. The number of aryl methyl sites for hydroxylation is 1. The van der Waals surface area contributed by atoms with E-state index in [1.165, 1.54) is 12.1 Å². The second-order valence-electron chi connectivity index (χ2n) is 5.01. The van der Waals surface area contributed by atoms with Gasteiger partial charge in [0.1, 0.15) is 5.82 Å². The maximum atomic E-state index is 13.3. The molecule has 1 aromatic carbocycles. The predicted octanol–water partition coefficient (Wildman–Crippen LogP) is 2.47. The number of benzene rings is 1. The molecule has 18 heavy (non-hydrogen) atoms. The van der Waals surface area contributed by atoms with Gasteiger partial charge in [0.25, 0.3) is 0 Å². The Morgan fingerprint density at radius 3 is 2.78 bits per heavy atom. The number of rotatable bonds is 4. The summed E-state index contributed by atoms with van der Waals surface area (Å²) in [7, 11) is 0. The van der Waals surface area contributed by atoms with Gasteiger partial charge in [0.2, 0.25) is 0 Å².